The second-order valence-corrected chi connectivity index (χ2v) is 7.02. The predicted octanol–water partition coefficient (Wildman–Crippen LogP) is 2.14. The first-order valence-electron chi connectivity index (χ1n) is 6.76. The molecule has 1 aliphatic carbocycles. The molecule has 2 rings (SSSR count). The highest BCUT2D eigenvalue weighted by Crippen LogP contribution is 2.46. The number of carboxylic acid groups (broad SMARTS) is 1. The van der Waals surface area contributed by atoms with E-state index in [4.69, 9.17) is 5.11 Å². The Kier molecular flexibility index (Phi) is 3.16. The standard InChI is InChI=1S/C14H23NO3/c1-13(2,3)12(18)15-8-14(9-15)6-4-10(5-7-14)11(16)17/h10H,4-9H2,1-3H3,(H,16,17). The van der Waals surface area contributed by atoms with Crippen molar-refractivity contribution in [3.8, 4) is 0 Å². The van der Waals surface area contributed by atoms with E-state index in [0.717, 1.165) is 38.8 Å². The summed E-state index contributed by atoms with van der Waals surface area (Å²) in [5.41, 5.74) is -0.0767. The van der Waals surface area contributed by atoms with Gasteiger partial charge in [0.2, 0.25) is 5.91 Å². The number of carbonyl (C=O) groups excluding carboxylic acids is 1. The fourth-order valence-electron chi connectivity index (χ4n) is 3.17. The molecule has 0 aromatic rings. The SMILES string of the molecule is CC(C)(C)C(=O)N1CC2(CCC(C(=O)O)CC2)C1. The lowest BCUT2D eigenvalue weighted by molar-refractivity contribution is -0.158. The van der Waals surface area contributed by atoms with Crippen molar-refractivity contribution in [3.05, 3.63) is 0 Å². The van der Waals surface area contributed by atoms with Crippen LogP contribution in [0.1, 0.15) is 46.5 Å². The van der Waals surface area contributed by atoms with Gasteiger partial charge >= 0.3 is 5.97 Å². The Labute approximate surface area is 108 Å². The molecule has 1 saturated heterocycles. The van der Waals surface area contributed by atoms with Gasteiger partial charge in [-0.1, -0.05) is 20.8 Å². The van der Waals surface area contributed by atoms with Crippen LogP contribution in [0, 0.1) is 16.7 Å². The van der Waals surface area contributed by atoms with Crippen LogP contribution in [-0.4, -0.2) is 35.0 Å². The molecule has 1 saturated carbocycles. The largest absolute Gasteiger partial charge is 0.481 e. The van der Waals surface area contributed by atoms with Gasteiger partial charge in [-0.3, -0.25) is 9.59 Å². The zero-order chi connectivity index (χ0) is 13.6. The van der Waals surface area contributed by atoms with Crippen molar-refractivity contribution in [3.63, 3.8) is 0 Å². The van der Waals surface area contributed by atoms with Gasteiger partial charge in [0.1, 0.15) is 0 Å². The molecule has 102 valence electrons. The quantitative estimate of drug-likeness (QED) is 0.779. The lowest BCUT2D eigenvalue weighted by Gasteiger charge is -2.54. The van der Waals surface area contributed by atoms with Gasteiger partial charge in [0.25, 0.3) is 0 Å². The Morgan fingerprint density at radius 3 is 2.06 bits per heavy atom. The van der Waals surface area contributed by atoms with Crippen molar-refractivity contribution in [2.75, 3.05) is 13.1 Å². The highest BCUT2D eigenvalue weighted by atomic mass is 16.4. The summed E-state index contributed by atoms with van der Waals surface area (Å²) in [5, 5.41) is 8.98. The first-order valence-corrected chi connectivity index (χ1v) is 6.76. The molecule has 1 N–H and O–H groups in total. The number of hydrogen-bond acceptors (Lipinski definition) is 2. The van der Waals surface area contributed by atoms with E-state index in [-0.39, 0.29) is 22.7 Å². The molecular formula is C14H23NO3. The smallest absolute Gasteiger partial charge is 0.306 e. The van der Waals surface area contributed by atoms with Crippen LogP contribution < -0.4 is 0 Å². The molecule has 1 amide bonds. The van der Waals surface area contributed by atoms with Gasteiger partial charge in [-0.15, -0.1) is 0 Å². The summed E-state index contributed by atoms with van der Waals surface area (Å²) in [7, 11) is 0. The van der Waals surface area contributed by atoms with Crippen molar-refractivity contribution >= 4 is 11.9 Å². The zero-order valence-corrected chi connectivity index (χ0v) is 11.5. The maximum atomic E-state index is 12.1. The van der Waals surface area contributed by atoms with E-state index in [1.807, 2.05) is 25.7 Å². The van der Waals surface area contributed by atoms with E-state index in [9.17, 15) is 9.59 Å². The number of nitrogens with zero attached hydrogens (tertiary/aromatic N) is 1. The summed E-state index contributed by atoms with van der Waals surface area (Å²) in [6, 6.07) is 0. The number of hydrogen-bond donors (Lipinski definition) is 1. The van der Waals surface area contributed by atoms with Crippen LogP contribution in [0.2, 0.25) is 0 Å². The van der Waals surface area contributed by atoms with Crippen molar-refractivity contribution in [1.29, 1.82) is 0 Å². The van der Waals surface area contributed by atoms with Crippen LogP contribution in [0.4, 0.5) is 0 Å². The monoisotopic (exact) mass is 253 g/mol. The first-order chi connectivity index (χ1) is 8.23. The third-order valence-electron chi connectivity index (χ3n) is 4.38. The highest BCUT2D eigenvalue weighted by Gasteiger charge is 2.49. The van der Waals surface area contributed by atoms with Gasteiger partial charge in [0, 0.05) is 23.9 Å². The van der Waals surface area contributed by atoms with Crippen LogP contribution in [-0.2, 0) is 9.59 Å². The predicted molar refractivity (Wildman–Crippen MR) is 68.1 cm³/mol. The second kappa shape index (κ2) is 4.25. The van der Waals surface area contributed by atoms with Crippen LogP contribution in [0.25, 0.3) is 0 Å². The maximum absolute atomic E-state index is 12.1. The number of rotatable bonds is 1. The fraction of sp³-hybridized carbons (Fsp3) is 0.857. The maximum Gasteiger partial charge on any atom is 0.306 e. The summed E-state index contributed by atoms with van der Waals surface area (Å²) in [6.07, 6.45) is 3.45. The van der Waals surface area contributed by atoms with Crippen molar-refractivity contribution in [1.82, 2.24) is 4.90 Å². The van der Waals surface area contributed by atoms with Gasteiger partial charge in [-0.2, -0.15) is 0 Å². The van der Waals surface area contributed by atoms with Gasteiger partial charge < -0.3 is 10.0 Å². The molecule has 2 fully saturated rings. The van der Waals surface area contributed by atoms with Crippen LogP contribution in [0.15, 0.2) is 0 Å². The minimum absolute atomic E-state index is 0.164. The lowest BCUT2D eigenvalue weighted by atomic mass is 9.65. The molecule has 1 heterocycles. The van der Waals surface area contributed by atoms with Crippen molar-refractivity contribution in [2.45, 2.75) is 46.5 Å². The summed E-state index contributed by atoms with van der Waals surface area (Å²) in [6.45, 7) is 7.50. The Balaban J connectivity index is 1.86. The van der Waals surface area contributed by atoms with Gasteiger partial charge in [0.15, 0.2) is 0 Å². The third kappa shape index (κ3) is 2.38. The summed E-state index contributed by atoms with van der Waals surface area (Å²) in [4.78, 5) is 24.9. The molecular weight excluding hydrogens is 230 g/mol. The average molecular weight is 253 g/mol. The molecule has 0 aromatic carbocycles. The van der Waals surface area contributed by atoms with E-state index in [2.05, 4.69) is 0 Å². The normalized spacial score (nSPS) is 23.8. The minimum atomic E-state index is -0.660. The number of aliphatic carboxylic acids is 1. The van der Waals surface area contributed by atoms with E-state index in [1.54, 1.807) is 0 Å². The average Bonchev–Trinajstić information content (AvgIpc) is 2.23. The molecule has 4 nitrogen and oxygen atoms in total. The molecule has 0 aromatic heterocycles. The minimum Gasteiger partial charge on any atom is -0.481 e. The van der Waals surface area contributed by atoms with E-state index < -0.39 is 5.97 Å². The number of amides is 1. The Morgan fingerprint density at radius 1 is 1.17 bits per heavy atom. The van der Waals surface area contributed by atoms with Crippen LogP contribution in [0.5, 0.6) is 0 Å². The van der Waals surface area contributed by atoms with Crippen LogP contribution >= 0.6 is 0 Å². The van der Waals surface area contributed by atoms with Gasteiger partial charge in [0.05, 0.1) is 5.92 Å². The molecule has 1 spiro atoms. The second-order valence-electron chi connectivity index (χ2n) is 7.02. The van der Waals surface area contributed by atoms with Gasteiger partial charge in [-0.25, -0.2) is 0 Å². The summed E-state index contributed by atoms with van der Waals surface area (Å²) >= 11 is 0. The highest BCUT2D eigenvalue weighted by molar-refractivity contribution is 5.82. The Bertz CT molecular complexity index is 354. The van der Waals surface area contributed by atoms with Crippen molar-refractivity contribution < 1.29 is 14.7 Å². The van der Waals surface area contributed by atoms with Crippen LogP contribution in [0.3, 0.4) is 0 Å². The van der Waals surface area contributed by atoms with E-state index in [1.165, 1.54) is 0 Å². The molecule has 1 aliphatic heterocycles. The zero-order valence-electron chi connectivity index (χ0n) is 11.5. The lowest BCUT2D eigenvalue weighted by Crippen LogP contribution is -2.61. The topological polar surface area (TPSA) is 57.6 Å². The third-order valence-corrected chi connectivity index (χ3v) is 4.38. The molecule has 0 unspecified atom stereocenters. The summed E-state index contributed by atoms with van der Waals surface area (Å²) < 4.78 is 0. The fourth-order valence-corrected chi connectivity index (χ4v) is 3.17. The molecule has 0 radical (unpaired) electrons. The Hall–Kier alpha value is -1.06. The number of carbonyl (C=O) groups is 2. The number of carboxylic acids is 1. The molecule has 18 heavy (non-hydrogen) atoms. The molecule has 2 aliphatic rings. The summed E-state index contributed by atoms with van der Waals surface area (Å²) in [5.74, 6) is -0.608. The van der Waals surface area contributed by atoms with Gasteiger partial charge in [-0.05, 0) is 25.7 Å². The molecule has 0 bridgehead atoms. The number of likely N-dealkylation sites (tertiary alicyclic amines) is 1. The van der Waals surface area contributed by atoms with E-state index in [0.29, 0.717) is 0 Å². The molecule has 4 heteroatoms. The van der Waals surface area contributed by atoms with E-state index >= 15 is 0 Å². The van der Waals surface area contributed by atoms with Crippen molar-refractivity contribution in [2.24, 2.45) is 16.7 Å². The first kappa shape index (κ1) is 13.4. The Morgan fingerprint density at radius 2 is 1.67 bits per heavy atom. The molecule has 0 atom stereocenters.